The molecule has 0 radical (unpaired) electrons. The molecule has 0 aliphatic heterocycles. The monoisotopic (exact) mass is 311 g/mol. The molecule has 0 fully saturated rings. The van der Waals surface area contributed by atoms with Crippen molar-refractivity contribution < 1.29 is 8.95 Å². The number of hydrogen-bond donors (Lipinski definition) is 1. The number of rotatable bonds is 10. The summed E-state index contributed by atoms with van der Waals surface area (Å²) in [5.74, 6) is 1.06. The van der Waals surface area contributed by atoms with Crippen molar-refractivity contribution in [3.8, 4) is 0 Å². The third-order valence-corrected chi connectivity index (χ3v) is 5.68. The molecule has 3 nitrogen and oxygen atoms in total. The predicted octanol–water partition coefficient (Wildman–Crippen LogP) is 3.15. The van der Waals surface area contributed by atoms with Gasteiger partial charge in [0, 0.05) is 36.3 Å². The Morgan fingerprint density at radius 3 is 2.43 bits per heavy atom. The molecule has 0 aliphatic carbocycles. The van der Waals surface area contributed by atoms with Crippen molar-refractivity contribution in [2.24, 2.45) is 5.92 Å². The molecule has 0 saturated carbocycles. The summed E-state index contributed by atoms with van der Waals surface area (Å²) in [6, 6.07) is 10.5. The maximum Gasteiger partial charge on any atom is 0.0565 e. The van der Waals surface area contributed by atoms with Crippen LogP contribution in [0.25, 0.3) is 0 Å². The summed E-state index contributed by atoms with van der Waals surface area (Å²) >= 11 is 0. The quantitative estimate of drug-likeness (QED) is 0.675. The summed E-state index contributed by atoms with van der Waals surface area (Å²) in [4.78, 5) is 0. The van der Waals surface area contributed by atoms with E-state index in [1.54, 1.807) is 7.11 Å². The Kier molecular flexibility index (Phi) is 8.81. The van der Waals surface area contributed by atoms with E-state index in [1.165, 1.54) is 5.56 Å². The third kappa shape index (κ3) is 5.89. The minimum atomic E-state index is -0.864. The highest BCUT2D eigenvalue weighted by Crippen LogP contribution is 2.27. The molecule has 0 spiro atoms. The minimum absolute atomic E-state index is 0.115. The van der Waals surface area contributed by atoms with E-state index in [0.717, 1.165) is 13.0 Å². The molecule has 1 N–H and O–H groups in total. The Labute approximate surface area is 131 Å². The summed E-state index contributed by atoms with van der Waals surface area (Å²) in [5, 5.41) is 3.64. The van der Waals surface area contributed by atoms with E-state index >= 15 is 0 Å². The van der Waals surface area contributed by atoms with Gasteiger partial charge in [0.25, 0.3) is 0 Å². The molecular formula is C17H29NO2S. The Morgan fingerprint density at radius 1 is 1.24 bits per heavy atom. The molecule has 0 heterocycles. The van der Waals surface area contributed by atoms with E-state index in [4.69, 9.17) is 4.74 Å². The van der Waals surface area contributed by atoms with E-state index in [9.17, 15) is 4.21 Å². The summed E-state index contributed by atoms with van der Waals surface area (Å²) in [7, 11) is 0.825. The summed E-state index contributed by atoms with van der Waals surface area (Å²) in [5.41, 5.74) is 1.22. The molecule has 0 aromatic heterocycles. The first-order valence-electron chi connectivity index (χ1n) is 7.76. The highest BCUT2D eigenvalue weighted by Gasteiger charge is 2.30. The molecule has 120 valence electrons. The van der Waals surface area contributed by atoms with Gasteiger partial charge in [-0.3, -0.25) is 4.21 Å². The first kappa shape index (κ1) is 18.3. The van der Waals surface area contributed by atoms with Gasteiger partial charge in [-0.25, -0.2) is 0 Å². The van der Waals surface area contributed by atoms with Gasteiger partial charge in [-0.1, -0.05) is 51.1 Å². The highest BCUT2D eigenvalue weighted by molar-refractivity contribution is 7.85. The van der Waals surface area contributed by atoms with Gasteiger partial charge < -0.3 is 10.1 Å². The van der Waals surface area contributed by atoms with Gasteiger partial charge in [0.15, 0.2) is 0 Å². The molecule has 4 heteroatoms. The molecule has 1 aromatic carbocycles. The van der Waals surface area contributed by atoms with E-state index in [2.05, 4.69) is 38.2 Å². The van der Waals surface area contributed by atoms with Crippen LogP contribution in [-0.4, -0.2) is 35.5 Å². The molecule has 21 heavy (non-hydrogen) atoms. The Balaban J connectivity index is 2.90. The molecule has 1 aromatic rings. The largest absolute Gasteiger partial charge is 0.385 e. The van der Waals surface area contributed by atoms with Crippen molar-refractivity contribution in [1.29, 1.82) is 0 Å². The fraction of sp³-hybridized carbons (Fsp3) is 0.647. The number of hydrogen-bond acceptors (Lipinski definition) is 3. The zero-order valence-corrected chi connectivity index (χ0v) is 14.5. The average Bonchev–Trinajstić information content (AvgIpc) is 2.47. The third-order valence-electron chi connectivity index (χ3n) is 3.57. The van der Waals surface area contributed by atoms with Gasteiger partial charge in [-0.15, -0.1) is 0 Å². The average molecular weight is 311 g/mol. The van der Waals surface area contributed by atoms with E-state index in [0.29, 0.717) is 18.3 Å². The summed E-state index contributed by atoms with van der Waals surface area (Å²) in [6.45, 7) is 7.96. The Morgan fingerprint density at radius 2 is 1.90 bits per heavy atom. The van der Waals surface area contributed by atoms with E-state index in [-0.39, 0.29) is 11.3 Å². The predicted molar refractivity (Wildman–Crippen MR) is 91.0 cm³/mol. The molecule has 1 rings (SSSR count). The standard InChI is InChI=1S/C17H29NO2S/c1-5-18-16(15-10-7-6-8-11-15)17(14(2)3)21(19)13-9-12-20-4/h6-8,10-11,14,16-18H,5,9,12-13H2,1-4H3. The van der Waals surface area contributed by atoms with Gasteiger partial charge >= 0.3 is 0 Å². The van der Waals surface area contributed by atoms with E-state index in [1.807, 2.05) is 18.2 Å². The topological polar surface area (TPSA) is 38.3 Å². The van der Waals surface area contributed by atoms with Crippen molar-refractivity contribution in [3.05, 3.63) is 35.9 Å². The van der Waals surface area contributed by atoms with Gasteiger partial charge in [-0.05, 0) is 24.4 Å². The number of nitrogens with one attached hydrogen (secondary N) is 1. The van der Waals surface area contributed by atoms with Gasteiger partial charge in [-0.2, -0.15) is 0 Å². The van der Waals surface area contributed by atoms with Crippen molar-refractivity contribution in [2.45, 2.75) is 38.5 Å². The maximum absolute atomic E-state index is 12.8. The van der Waals surface area contributed by atoms with Crippen LogP contribution in [0.3, 0.4) is 0 Å². The number of methoxy groups -OCH3 is 1. The smallest absolute Gasteiger partial charge is 0.0565 e. The molecule has 0 aliphatic rings. The van der Waals surface area contributed by atoms with Crippen molar-refractivity contribution in [1.82, 2.24) is 5.32 Å². The van der Waals surface area contributed by atoms with Gasteiger partial charge in [0.2, 0.25) is 0 Å². The molecule has 0 bridgehead atoms. The van der Waals surface area contributed by atoms with Gasteiger partial charge in [0.05, 0.1) is 5.25 Å². The second-order valence-electron chi connectivity index (χ2n) is 5.59. The Hall–Kier alpha value is -0.710. The fourth-order valence-electron chi connectivity index (χ4n) is 2.63. The first-order valence-corrected chi connectivity index (χ1v) is 9.14. The summed E-state index contributed by atoms with van der Waals surface area (Å²) < 4.78 is 17.8. The fourth-order valence-corrected chi connectivity index (χ4v) is 4.46. The van der Waals surface area contributed by atoms with Crippen LogP contribution in [0.4, 0.5) is 0 Å². The van der Waals surface area contributed by atoms with Crippen LogP contribution in [0, 0.1) is 5.92 Å². The van der Waals surface area contributed by atoms with Crippen LogP contribution in [-0.2, 0) is 15.5 Å². The molecule has 3 atom stereocenters. The second kappa shape index (κ2) is 10.1. The lowest BCUT2D eigenvalue weighted by Gasteiger charge is -2.30. The lowest BCUT2D eigenvalue weighted by atomic mass is 9.96. The lowest BCUT2D eigenvalue weighted by Crippen LogP contribution is -2.39. The van der Waals surface area contributed by atoms with Crippen LogP contribution >= 0.6 is 0 Å². The van der Waals surface area contributed by atoms with Crippen molar-refractivity contribution >= 4 is 10.8 Å². The molecule has 0 saturated heterocycles. The molecule has 0 amide bonds. The van der Waals surface area contributed by atoms with Crippen LogP contribution in [0.5, 0.6) is 0 Å². The second-order valence-corrected chi connectivity index (χ2v) is 7.30. The maximum atomic E-state index is 12.8. The van der Waals surface area contributed by atoms with E-state index < -0.39 is 10.8 Å². The minimum Gasteiger partial charge on any atom is -0.385 e. The van der Waals surface area contributed by atoms with Crippen LogP contribution in [0.15, 0.2) is 30.3 Å². The highest BCUT2D eigenvalue weighted by atomic mass is 32.2. The normalized spacial score (nSPS) is 15.9. The van der Waals surface area contributed by atoms with Crippen molar-refractivity contribution in [3.63, 3.8) is 0 Å². The Bertz CT molecular complexity index is 409. The first-order chi connectivity index (χ1) is 10.1. The molecule has 3 unspecified atom stereocenters. The number of benzene rings is 1. The van der Waals surface area contributed by atoms with Gasteiger partial charge in [0.1, 0.15) is 0 Å². The number of ether oxygens (including phenoxy) is 1. The van der Waals surface area contributed by atoms with Crippen LogP contribution in [0.2, 0.25) is 0 Å². The lowest BCUT2D eigenvalue weighted by molar-refractivity contribution is 0.199. The summed E-state index contributed by atoms with van der Waals surface area (Å²) in [6.07, 6.45) is 0.847. The van der Waals surface area contributed by atoms with Crippen molar-refractivity contribution in [2.75, 3.05) is 26.0 Å². The van der Waals surface area contributed by atoms with Crippen LogP contribution in [0.1, 0.15) is 38.8 Å². The zero-order valence-electron chi connectivity index (χ0n) is 13.7. The molecular weight excluding hydrogens is 282 g/mol. The zero-order chi connectivity index (χ0) is 15.7. The SMILES string of the molecule is CCNC(c1ccccc1)C(C(C)C)S(=O)CCCOC. The van der Waals surface area contributed by atoms with Crippen LogP contribution < -0.4 is 5.32 Å².